The molecule has 1 aromatic rings. The lowest BCUT2D eigenvalue weighted by Crippen LogP contribution is -1.89. The van der Waals surface area contributed by atoms with Crippen LogP contribution in [0.2, 0.25) is 0 Å². The topological polar surface area (TPSA) is 17.8 Å². The maximum atomic E-state index is 5.14. The maximum absolute atomic E-state index is 5.14. The minimum absolute atomic E-state index is 0.632. The van der Waals surface area contributed by atoms with Gasteiger partial charge in [0.05, 0.1) is 12.1 Å². The van der Waals surface area contributed by atoms with Crippen LogP contribution in [0.15, 0.2) is 6.20 Å². The van der Waals surface area contributed by atoms with Crippen molar-refractivity contribution in [2.24, 2.45) is 7.05 Å². The molecule has 0 spiro atoms. The van der Waals surface area contributed by atoms with Gasteiger partial charge in [-0.15, -0.1) is 12.3 Å². The zero-order valence-corrected chi connectivity index (χ0v) is 6.26. The minimum Gasteiger partial charge on any atom is -0.275 e. The molecule has 52 valence electrons. The summed E-state index contributed by atoms with van der Waals surface area (Å²) in [6.45, 7) is 2.01. The highest BCUT2D eigenvalue weighted by Crippen LogP contribution is 2.03. The summed E-state index contributed by atoms with van der Waals surface area (Å²) in [5.74, 6) is 2.56. The van der Waals surface area contributed by atoms with Gasteiger partial charge in [-0.1, -0.05) is 0 Å². The predicted molar refractivity (Wildman–Crippen MR) is 40.5 cm³/mol. The van der Waals surface area contributed by atoms with Crippen LogP contribution in [0, 0.1) is 19.3 Å². The molecule has 0 N–H and O–H groups in total. The third kappa shape index (κ3) is 1.19. The Hall–Kier alpha value is -1.23. The lowest BCUT2D eigenvalue weighted by atomic mass is 10.2. The van der Waals surface area contributed by atoms with E-state index in [1.165, 1.54) is 5.56 Å². The number of nitrogens with zero attached hydrogens (tertiary/aromatic N) is 2. The van der Waals surface area contributed by atoms with Crippen molar-refractivity contribution in [1.29, 1.82) is 0 Å². The molecule has 10 heavy (non-hydrogen) atoms. The van der Waals surface area contributed by atoms with Crippen molar-refractivity contribution < 1.29 is 0 Å². The summed E-state index contributed by atoms with van der Waals surface area (Å²) in [5, 5.41) is 4.17. The Labute approximate surface area is 60.9 Å². The molecule has 0 saturated carbocycles. The first kappa shape index (κ1) is 6.88. The molecule has 0 unspecified atom stereocenters. The summed E-state index contributed by atoms with van der Waals surface area (Å²) >= 11 is 0. The van der Waals surface area contributed by atoms with E-state index in [0.29, 0.717) is 6.42 Å². The first-order valence-corrected chi connectivity index (χ1v) is 3.16. The quantitative estimate of drug-likeness (QED) is 0.522. The molecule has 0 aliphatic carbocycles. The molecule has 0 aliphatic heterocycles. The van der Waals surface area contributed by atoms with Gasteiger partial charge < -0.3 is 0 Å². The van der Waals surface area contributed by atoms with Crippen molar-refractivity contribution in [2.75, 3.05) is 0 Å². The summed E-state index contributed by atoms with van der Waals surface area (Å²) in [5.41, 5.74) is 2.17. The molecule has 0 atom stereocenters. The summed E-state index contributed by atoms with van der Waals surface area (Å²) in [7, 11) is 1.90. The molecule has 1 rings (SSSR count). The normalized spacial score (nSPS) is 9.30. The molecule has 2 nitrogen and oxygen atoms in total. The predicted octanol–water partition coefficient (Wildman–Crippen LogP) is 0.904. The lowest BCUT2D eigenvalue weighted by molar-refractivity contribution is 0.752. The van der Waals surface area contributed by atoms with Crippen molar-refractivity contribution in [3.05, 3.63) is 17.5 Å². The summed E-state index contributed by atoms with van der Waals surface area (Å²) < 4.78 is 1.78. The van der Waals surface area contributed by atoms with Crippen molar-refractivity contribution in [2.45, 2.75) is 13.3 Å². The average Bonchev–Trinajstić information content (AvgIpc) is 2.13. The summed E-state index contributed by atoms with van der Waals surface area (Å²) in [4.78, 5) is 0. The van der Waals surface area contributed by atoms with E-state index in [9.17, 15) is 0 Å². The minimum atomic E-state index is 0.632. The highest BCUT2D eigenvalue weighted by atomic mass is 15.2. The molecule has 0 amide bonds. The molecule has 0 aromatic carbocycles. The second-order valence-electron chi connectivity index (χ2n) is 2.31. The van der Waals surface area contributed by atoms with Crippen molar-refractivity contribution in [3.8, 4) is 12.3 Å². The van der Waals surface area contributed by atoms with E-state index < -0.39 is 0 Å². The highest BCUT2D eigenvalue weighted by molar-refractivity contribution is 5.18. The van der Waals surface area contributed by atoms with Crippen molar-refractivity contribution >= 4 is 0 Å². The Bertz CT molecular complexity index is 265. The van der Waals surface area contributed by atoms with Gasteiger partial charge in [-0.2, -0.15) is 5.10 Å². The van der Waals surface area contributed by atoms with Gasteiger partial charge in [0.2, 0.25) is 0 Å². The fraction of sp³-hybridized carbons (Fsp3) is 0.375. The van der Waals surface area contributed by atoms with Gasteiger partial charge in [-0.3, -0.25) is 4.68 Å². The van der Waals surface area contributed by atoms with E-state index in [2.05, 4.69) is 11.0 Å². The van der Waals surface area contributed by atoms with E-state index in [0.717, 1.165) is 5.69 Å². The third-order valence-electron chi connectivity index (χ3n) is 1.38. The van der Waals surface area contributed by atoms with Gasteiger partial charge >= 0.3 is 0 Å². The van der Waals surface area contributed by atoms with E-state index in [-0.39, 0.29) is 0 Å². The maximum Gasteiger partial charge on any atom is 0.0772 e. The highest BCUT2D eigenvalue weighted by Gasteiger charge is 1.99. The SMILES string of the molecule is C#CCc1nn(C)cc1C. The van der Waals surface area contributed by atoms with Crippen LogP contribution in [0.3, 0.4) is 0 Å². The van der Waals surface area contributed by atoms with Gasteiger partial charge in [0.15, 0.2) is 0 Å². The van der Waals surface area contributed by atoms with Crippen LogP contribution < -0.4 is 0 Å². The smallest absolute Gasteiger partial charge is 0.0772 e. The lowest BCUT2D eigenvalue weighted by Gasteiger charge is -1.86. The van der Waals surface area contributed by atoms with Gasteiger partial charge in [0, 0.05) is 13.2 Å². The Morgan fingerprint density at radius 1 is 1.80 bits per heavy atom. The van der Waals surface area contributed by atoms with Gasteiger partial charge in [-0.05, 0) is 12.5 Å². The number of rotatable bonds is 1. The van der Waals surface area contributed by atoms with Crippen LogP contribution in [-0.4, -0.2) is 9.78 Å². The molecular formula is C8H10N2. The molecule has 0 bridgehead atoms. The zero-order valence-electron chi connectivity index (χ0n) is 6.26. The van der Waals surface area contributed by atoms with E-state index in [4.69, 9.17) is 6.42 Å². The van der Waals surface area contributed by atoms with Gasteiger partial charge in [0.25, 0.3) is 0 Å². The van der Waals surface area contributed by atoms with Crippen LogP contribution in [0.25, 0.3) is 0 Å². The Morgan fingerprint density at radius 2 is 2.50 bits per heavy atom. The standard InChI is InChI=1S/C8H10N2/c1-4-5-8-7(2)6-10(3)9-8/h1,6H,5H2,2-3H3. The number of aromatic nitrogens is 2. The molecular weight excluding hydrogens is 124 g/mol. The van der Waals surface area contributed by atoms with E-state index in [1.54, 1.807) is 4.68 Å². The molecule has 0 aliphatic rings. The molecule has 1 heterocycles. The molecule has 1 aromatic heterocycles. The number of terminal acetylenes is 1. The third-order valence-corrected chi connectivity index (χ3v) is 1.38. The molecule has 2 heteroatoms. The second-order valence-corrected chi connectivity index (χ2v) is 2.31. The van der Waals surface area contributed by atoms with E-state index in [1.807, 2.05) is 20.2 Å². The number of hydrogen-bond acceptors (Lipinski definition) is 1. The first-order chi connectivity index (χ1) is 4.74. The van der Waals surface area contributed by atoms with E-state index >= 15 is 0 Å². The average molecular weight is 134 g/mol. The molecule has 0 radical (unpaired) electrons. The van der Waals surface area contributed by atoms with Gasteiger partial charge in [0.1, 0.15) is 0 Å². The fourth-order valence-corrected chi connectivity index (χ4v) is 0.924. The summed E-state index contributed by atoms with van der Waals surface area (Å²) in [6, 6.07) is 0. The van der Waals surface area contributed by atoms with Gasteiger partial charge in [-0.25, -0.2) is 0 Å². The Kier molecular flexibility index (Phi) is 1.77. The van der Waals surface area contributed by atoms with Crippen molar-refractivity contribution in [3.63, 3.8) is 0 Å². The van der Waals surface area contributed by atoms with Crippen LogP contribution in [0.5, 0.6) is 0 Å². The first-order valence-electron chi connectivity index (χ1n) is 3.16. The van der Waals surface area contributed by atoms with Crippen molar-refractivity contribution in [1.82, 2.24) is 9.78 Å². The van der Waals surface area contributed by atoms with Crippen LogP contribution >= 0.6 is 0 Å². The zero-order chi connectivity index (χ0) is 7.56. The largest absolute Gasteiger partial charge is 0.275 e. The van der Waals surface area contributed by atoms with Crippen LogP contribution in [0.1, 0.15) is 11.3 Å². The number of aryl methyl sites for hydroxylation is 2. The Morgan fingerprint density at radius 3 is 2.90 bits per heavy atom. The molecule has 0 fully saturated rings. The second kappa shape index (κ2) is 2.57. The number of hydrogen-bond donors (Lipinski definition) is 0. The molecule has 0 saturated heterocycles. The fourth-order valence-electron chi connectivity index (χ4n) is 0.924. The monoisotopic (exact) mass is 134 g/mol. The van der Waals surface area contributed by atoms with Crippen LogP contribution in [-0.2, 0) is 13.5 Å². The summed E-state index contributed by atoms with van der Waals surface area (Å²) in [6.07, 6.45) is 7.74. The van der Waals surface area contributed by atoms with Crippen LogP contribution in [0.4, 0.5) is 0 Å². The Balaban J connectivity index is 2.94.